The van der Waals surface area contributed by atoms with E-state index in [1.807, 2.05) is 0 Å². The maximum absolute atomic E-state index is 3.00. The molecule has 0 N–H and O–H groups in total. The van der Waals surface area contributed by atoms with Gasteiger partial charge in [0.2, 0.25) is 0 Å². The zero-order valence-corrected chi connectivity index (χ0v) is 6.69. The van der Waals surface area contributed by atoms with E-state index in [1.54, 1.807) is 0 Å². The van der Waals surface area contributed by atoms with E-state index in [-0.39, 0.29) is 0 Å². The first-order chi connectivity index (χ1) is 4.41. The number of unbranched alkanes of at least 4 members (excludes halogenated alkanes) is 1. The summed E-state index contributed by atoms with van der Waals surface area (Å²) in [5, 5.41) is 0. The lowest BCUT2D eigenvalue weighted by Crippen LogP contribution is -1.58. The third-order valence-electron chi connectivity index (χ3n) is 0.858. The Labute approximate surface area is 59.3 Å². The summed E-state index contributed by atoms with van der Waals surface area (Å²) in [6.45, 7) is 10.4. The predicted octanol–water partition coefficient (Wildman–Crippen LogP) is 3.55. The topological polar surface area (TPSA) is 0 Å². The number of rotatable bonds is 3. The largest absolute Gasteiger partial charge is 0.106 e. The Balaban J connectivity index is 0. The van der Waals surface area contributed by atoms with Gasteiger partial charge in [0, 0.05) is 0 Å². The Kier molecular flexibility index (Phi) is 19.6. The minimum atomic E-state index is 1.18. The normalized spacial score (nSPS) is 8.67. The van der Waals surface area contributed by atoms with Crippen LogP contribution in [-0.4, -0.2) is 0 Å². The van der Waals surface area contributed by atoms with E-state index < -0.39 is 0 Å². The second kappa shape index (κ2) is 15.6. The maximum atomic E-state index is 3.00. The summed E-state index contributed by atoms with van der Waals surface area (Å²) in [6, 6.07) is 0. The highest BCUT2D eigenvalue weighted by Crippen LogP contribution is 1.88. The highest BCUT2D eigenvalue weighted by molar-refractivity contribution is 4.78. The molecule has 0 aliphatic carbocycles. The minimum absolute atomic E-state index is 1.18. The third-order valence-corrected chi connectivity index (χ3v) is 0.858. The van der Waals surface area contributed by atoms with Gasteiger partial charge < -0.3 is 0 Å². The molecule has 0 nitrogen and oxygen atoms in total. The van der Waals surface area contributed by atoms with E-state index in [4.69, 9.17) is 0 Å². The van der Waals surface area contributed by atoms with Crippen LogP contribution in [0.2, 0.25) is 0 Å². The SMILES string of the molecule is C=C.CC/C=C\CCC. The lowest BCUT2D eigenvalue weighted by Gasteiger charge is -1.79. The summed E-state index contributed by atoms with van der Waals surface area (Å²) in [4.78, 5) is 0. The molecule has 0 rings (SSSR count). The van der Waals surface area contributed by atoms with Crippen molar-refractivity contribution in [2.45, 2.75) is 33.1 Å². The molecule has 54 valence electrons. The molecular formula is C9H18. The molecule has 9 heavy (non-hydrogen) atoms. The van der Waals surface area contributed by atoms with Gasteiger partial charge in [0.1, 0.15) is 0 Å². The van der Waals surface area contributed by atoms with E-state index in [0.717, 1.165) is 0 Å². The molecule has 0 spiro atoms. The molecule has 0 aliphatic heterocycles. The Hall–Kier alpha value is -0.520. The standard InChI is InChI=1S/C7H14.C2H4/c1-3-5-7-6-4-2;1-2/h5,7H,3-4,6H2,1-2H3;1-2H2/b7-5-;. The zero-order valence-electron chi connectivity index (χ0n) is 6.69. The van der Waals surface area contributed by atoms with Crippen LogP contribution in [0.15, 0.2) is 25.3 Å². The van der Waals surface area contributed by atoms with Crippen molar-refractivity contribution in [2.75, 3.05) is 0 Å². The van der Waals surface area contributed by atoms with Gasteiger partial charge in [-0.2, -0.15) is 0 Å². The highest BCUT2D eigenvalue weighted by atomic mass is 13.7. The van der Waals surface area contributed by atoms with E-state index in [9.17, 15) is 0 Å². The fourth-order valence-corrected chi connectivity index (χ4v) is 0.451. The molecule has 0 heteroatoms. The van der Waals surface area contributed by atoms with E-state index in [2.05, 4.69) is 39.2 Å². The number of hydrogen-bond donors (Lipinski definition) is 0. The van der Waals surface area contributed by atoms with Gasteiger partial charge in [-0.25, -0.2) is 0 Å². The second-order valence-corrected chi connectivity index (χ2v) is 1.67. The van der Waals surface area contributed by atoms with Crippen LogP contribution in [0.25, 0.3) is 0 Å². The summed E-state index contributed by atoms with van der Waals surface area (Å²) in [6.07, 6.45) is 8.15. The zero-order chi connectivity index (χ0) is 7.54. The summed E-state index contributed by atoms with van der Waals surface area (Å²) in [5.74, 6) is 0. The van der Waals surface area contributed by atoms with Crippen LogP contribution in [0.5, 0.6) is 0 Å². The maximum Gasteiger partial charge on any atom is -0.0353 e. The van der Waals surface area contributed by atoms with Gasteiger partial charge in [-0.15, -0.1) is 13.2 Å². The molecule has 0 saturated carbocycles. The van der Waals surface area contributed by atoms with Crippen molar-refractivity contribution < 1.29 is 0 Å². The molecule has 0 heterocycles. The first-order valence-corrected chi connectivity index (χ1v) is 3.56. The summed E-state index contributed by atoms with van der Waals surface area (Å²) in [5.41, 5.74) is 0. The van der Waals surface area contributed by atoms with Crippen LogP contribution in [0, 0.1) is 0 Å². The minimum Gasteiger partial charge on any atom is -0.106 e. The molecule has 0 atom stereocenters. The Morgan fingerprint density at radius 3 is 2.00 bits per heavy atom. The number of hydrogen-bond acceptors (Lipinski definition) is 0. The van der Waals surface area contributed by atoms with E-state index in [0.29, 0.717) is 0 Å². The quantitative estimate of drug-likeness (QED) is 0.507. The van der Waals surface area contributed by atoms with Crippen LogP contribution < -0.4 is 0 Å². The van der Waals surface area contributed by atoms with Crippen LogP contribution in [0.3, 0.4) is 0 Å². The van der Waals surface area contributed by atoms with Gasteiger partial charge in [-0.3, -0.25) is 0 Å². The van der Waals surface area contributed by atoms with Crippen LogP contribution in [0.4, 0.5) is 0 Å². The van der Waals surface area contributed by atoms with Crippen LogP contribution >= 0.6 is 0 Å². The lowest BCUT2D eigenvalue weighted by molar-refractivity contribution is 0.952. The summed E-state index contributed by atoms with van der Waals surface area (Å²) in [7, 11) is 0. The van der Waals surface area contributed by atoms with Gasteiger partial charge in [0.25, 0.3) is 0 Å². The van der Waals surface area contributed by atoms with Crippen LogP contribution in [0.1, 0.15) is 33.1 Å². The van der Waals surface area contributed by atoms with Crippen LogP contribution in [-0.2, 0) is 0 Å². The second-order valence-electron chi connectivity index (χ2n) is 1.67. The lowest BCUT2D eigenvalue weighted by atomic mass is 10.3. The van der Waals surface area contributed by atoms with Gasteiger partial charge >= 0.3 is 0 Å². The predicted molar refractivity (Wildman–Crippen MR) is 45.6 cm³/mol. The molecule has 0 aromatic carbocycles. The van der Waals surface area contributed by atoms with Crippen molar-refractivity contribution in [3.8, 4) is 0 Å². The molecule has 0 fully saturated rings. The smallest absolute Gasteiger partial charge is 0.0353 e. The van der Waals surface area contributed by atoms with Crippen molar-refractivity contribution in [3.63, 3.8) is 0 Å². The monoisotopic (exact) mass is 126 g/mol. The molecular weight excluding hydrogens is 108 g/mol. The Bertz CT molecular complexity index is 53.1. The fourth-order valence-electron chi connectivity index (χ4n) is 0.451. The molecule has 0 radical (unpaired) electrons. The highest BCUT2D eigenvalue weighted by Gasteiger charge is 1.68. The van der Waals surface area contributed by atoms with E-state index >= 15 is 0 Å². The van der Waals surface area contributed by atoms with Gasteiger partial charge in [-0.1, -0.05) is 32.4 Å². The molecule has 0 bridgehead atoms. The van der Waals surface area contributed by atoms with Crippen molar-refractivity contribution in [3.05, 3.63) is 25.3 Å². The van der Waals surface area contributed by atoms with Gasteiger partial charge in [0.15, 0.2) is 0 Å². The fraction of sp³-hybridized carbons (Fsp3) is 0.556. The third kappa shape index (κ3) is 18.5. The molecule has 0 aromatic heterocycles. The molecule has 0 saturated heterocycles. The number of allylic oxidation sites excluding steroid dienone is 2. The van der Waals surface area contributed by atoms with Crippen molar-refractivity contribution >= 4 is 0 Å². The Morgan fingerprint density at radius 1 is 1.11 bits per heavy atom. The molecule has 0 aliphatic rings. The van der Waals surface area contributed by atoms with Crippen molar-refractivity contribution in [2.24, 2.45) is 0 Å². The first kappa shape index (κ1) is 11.3. The Morgan fingerprint density at radius 2 is 1.67 bits per heavy atom. The first-order valence-electron chi connectivity index (χ1n) is 3.56. The summed E-state index contributed by atoms with van der Waals surface area (Å²) >= 11 is 0. The van der Waals surface area contributed by atoms with E-state index in [1.165, 1.54) is 19.3 Å². The van der Waals surface area contributed by atoms with Crippen molar-refractivity contribution in [1.29, 1.82) is 0 Å². The molecule has 0 aromatic rings. The molecule has 0 unspecified atom stereocenters. The van der Waals surface area contributed by atoms with Crippen molar-refractivity contribution in [1.82, 2.24) is 0 Å². The summed E-state index contributed by atoms with van der Waals surface area (Å²) < 4.78 is 0. The molecule has 0 amide bonds. The average Bonchev–Trinajstić information content (AvgIpc) is 1.94. The van der Waals surface area contributed by atoms with Gasteiger partial charge in [0.05, 0.1) is 0 Å². The average molecular weight is 126 g/mol. The van der Waals surface area contributed by atoms with Gasteiger partial charge in [-0.05, 0) is 12.8 Å².